The van der Waals surface area contributed by atoms with Crippen molar-refractivity contribution < 1.29 is 17.6 Å². The molecule has 0 heterocycles. The summed E-state index contributed by atoms with van der Waals surface area (Å²) in [6.45, 7) is 0. The van der Waals surface area contributed by atoms with Crippen molar-refractivity contribution in [3.63, 3.8) is 0 Å². The van der Waals surface area contributed by atoms with E-state index in [4.69, 9.17) is 5.73 Å². The van der Waals surface area contributed by atoms with Crippen molar-refractivity contribution in [2.45, 2.75) is 28.5 Å². The smallest absolute Gasteiger partial charge is 0.288 e. The summed E-state index contributed by atoms with van der Waals surface area (Å²) < 4.78 is 50.2. The van der Waals surface area contributed by atoms with Gasteiger partial charge in [-0.05, 0) is 17.7 Å². The Morgan fingerprint density at radius 3 is 2.44 bits per heavy atom. The fourth-order valence-electron chi connectivity index (χ4n) is 1.57. The first-order chi connectivity index (χ1) is 7.35. The SMILES string of the molecule is NC1(c2cccc(SC(F)F)c2)CC1(F)F. The van der Waals surface area contributed by atoms with E-state index in [1.54, 1.807) is 0 Å². The largest absolute Gasteiger partial charge is 0.316 e. The summed E-state index contributed by atoms with van der Waals surface area (Å²) in [4.78, 5) is 0.250. The van der Waals surface area contributed by atoms with Gasteiger partial charge in [-0.1, -0.05) is 23.9 Å². The molecule has 1 saturated carbocycles. The van der Waals surface area contributed by atoms with Gasteiger partial charge in [-0.25, -0.2) is 8.78 Å². The lowest BCUT2D eigenvalue weighted by atomic mass is 10.1. The Hall–Kier alpha value is -0.750. The second kappa shape index (κ2) is 3.63. The maximum atomic E-state index is 13.0. The van der Waals surface area contributed by atoms with E-state index >= 15 is 0 Å². The standard InChI is InChI=1S/C10H9F4NS/c11-8(12)16-7-3-1-2-6(4-7)9(15)5-10(9,13)14/h1-4,8H,5,15H2. The van der Waals surface area contributed by atoms with Crippen LogP contribution in [0.4, 0.5) is 17.6 Å². The van der Waals surface area contributed by atoms with Gasteiger partial charge in [0.15, 0.2) is 0 Å². The fourth-order valence-corrected chi connectivity index (χ4v) is 2.13. The molecule has 0 radical (unpaired) electrons. The van der Waals surface area contributed by atoms with Gasteiger partial charge in [0.25, 0.3) is 11.7 Å². The van der Waals surface area contributed by atoms with Crippen LogP contribution in [0.3, 0.4) is 0 Å². The Bertz CT molecular complexity index is 410. The number of rotatable bonds is 3. The minimum absolute atomic E-state index is 0.211. The van der Waals surface area contributed by atoms with Crippen LogP contribution in [-0.4, -0.2) is 11.7 Å². The van der Waals surface area contributed by atoms with E-state index in [0.717, 1.165) is 0 Å². The summed E-state index contributed by atoms with van der Waals surface area (Å²) in [6.07, 6.45) is -0.428. The normalized spacial score (nSPS) is 27.1. The molecule has 1 fully saturated rings. The Balaban J connectivity index is 2.24. The van der Waals surface area contributed by atoms with Gasteiger partial charge in [0.2, 0.25) is 0 Å². The third kappa shape index (κ3) is 1.91. The number of hydrogen-bond donors (Lipinski definition) is 1. The van der Waals surface area contributed by atoms with Crippen molar-refractivity contribution in [3.8, 4) is 0 Å². The Morgan fingerprint density at radius 2 is 1.94 bits per heavy atom. The molecule has 1 aromatic rings. The highest BCUT2D eigenvalue weighted by Gasteiger charge is 2.69. The summed E-state index contributed by atoms with van der Waals surface area (Å²) >= 11 is 0.323. The van der Waals surface area contributed by atoms with Crippen molar-refractivity contribution in [1.29, 1.82) is 0 Å². The average Bonchev–Trinajstić information content (AvgIpc) is 2.67. The van der Waals surface area contributed by atoms with Gasteiger partial charge < -0.3 is 5.73 Å². The maximum absolute atomic E-state index is 13.0. The molecule has 0 saturated heterocycles. The minimum Gasteiger partial charge on any atom is -0.316 e. The van der Waals surface area contributed by atoms with E-state index < -0.39 is 23.6 Å². The summed E-state index contributed by atoms with van der Waals surface area (Å²) in [5.41, 5.74) is 4.03. The average molecular weight is 251 g/mol. The van der Waals surface area contributed by atoms with Crippen LogP contribution >= 0.6 is 11.8 Å². The van der Waals surface area contributed by atoms with Gasteiger partial charge in [-0.2, -0.15) is 8.78 Å². The second-order valence-corrected chi connectivity index (χ2v) is 4.82. The van der Waals surface area contributed by atoms with Gasteiger partial charge >= 0.3 is 0 Å². The number of thioether (sulfide) groups is 1. The molecular formula is C10H9F4NS. The molecule has 1 aliphatic rings. The van der Waals surface area contributed by atoms with Gasteiger partial charge in [0.05, 0.1) is 0 Å². The molecule has 1 aliphatic carbocycles. The molecule has 1 unspecified atom stereocenters. The highest BCUT2D eigenvalue weighted by Crippen LogP contribution is 2.57. The van der Waals surface area contributed by atoms with Gasteiger partial charge in [-0.3, -0.25) is 0 Å². The molecule has 1 atom stereocenters. The van der Waals surface area contributed by atoms with Crippen molar-refractivity contribution in [2.75, 3.05) is 0 Å². The highest BCUT2D eigenvalue weighted by molar-refractivity contribution is 7.99. The highest BCUT2D eigenvalue weighted by atomic mass is 32.2. The molecule has 0 bridgehead atoms. The first-order valence-electron chi connectivity index (χ1n) is 4.57. The van der Waals surface area contributed by atoms with E-state index in [-0.39, 0.29) is 10.5 Å². The van der Waals surface area contributed by atoms with Crippen LogP contribution in [0.5, 0.6) is 0 Å². The number of alkyl halides is 4. The van der Waals surface area contributed by atoms with Crippen LogP contribution < -0.4 is 5.73 Å². The fraction of sp³-hybridized carbons (Fsp3) is 0.400. The quantitative estimate of drug-likeness (QED) is 0.659. The monoisotopic (exact) mass is 251 g/mol. The Labute approximate surface area is 94.0 Å². The van der Waals surface area contributed by atoms with Crippen molar-refractivity contribution >= 4 is 11.8 Å². The molecule has 2 N–H and O–H groups in total. The maximum Gasteiger partial charge on any atom is 0.288 e. The van der Waals surface area contributed by atoms with E-state index in [2.05, 4.69) is 0 Å². The summed E-state index contributed by atoms with van der Waals surface area (Å²) in [5, 5.41) is 0. The lowest BCUT2D eigenvalue weighted by Crippen LogP contribution is -2.27. The van der Waals surface area contributed by atoms with Crippen LogP contribution in [0.2, 0.25) is 0 Å². The van der Waals surface area contributed by atoms with Crippen molar-refractivity contribution in [1.82, 2.24) is 0 Å². The summed E-state index contributed by atoms with van der Waals surface area (Å²) in [7, 11) is 0. The van der Waals surface area contributed by atoms with Crippen molar-refractivity contribution in [3.05, 3.63) is 29.8 Å². The third-order valence-electron chi connectivity index (χ3n) is 2.60. The molecule has 1 aromatic carbocycles. The van der Waals surface area contributed by atoms with E-state index in [9.17, 15) is 17.6 Å². The topological polar surface area (TPSA) is 26.0 Å². The summed E-state index contributed by atoms with van der Waals surface area (Å²) in [5.74, 6) is -5.50. The first-order valence-corrected chi connectivity index (χ1v) is 5.45. The van der Waals surface area contributed by atoms with Crippen LogP contribution in [-0.2, 0) is 5.54 Å². The minimum atomic E-state index is -2.93. The molecule has 6 heteroatoms. The molecule has 88 valence electrons. The zero-order valence-electron chi connectivity index (χ0n) is 8.09. The molecule has 0 amide bonds. The molecule has 0 aliphatic heterocycles. The number of hydrogen-bond acceptors (Lipinski definition) is 2. The predicted octanol–water partition coefficient (Wildman–Crippen LogP) is 3.19. The predicted molar refractivity (Wildman–Crippen MR) is 53.7 cm³/mol. The van der Waals surface area contributed by atoms with E-state index in [0.29, 0.717) is 11.8 Å². The van der Waals surface area contributed by atoms with Crippen LogP contribution in [0.15, 0.2) is 29.2 Å². The number of benzene rings is 1. The number of nitrogens with two attached hydrogens (primary N) is 1. The lowest BCUT2D eigenvalue weighted by molar-refractivity contribution is 0.0891. The van der Waals surface area contributed by atoms with Gasteiger partial charge in [0, 0.05) is 11.3 Å². The Morgan fingerprint density at radius 1 is 1.31 bits per heavy atom. The molecular weight excluding hydrogens is 242 g/mol. The van der Waals surface area contributed by atoms with Crippen molar-refractivity contribution in [2.24, 2.45) is 5.73 Å². The molecule has 2 rings (SSSR count). The van der Waals surface area contributed by atoms with Gasteiger partial charge in [0.1, 0.15) is 5.54 Å². The molecule has 0 spiro atoms. The summed E-state index contributed by atoms with van der Waals surface area (Å²) in [6, 6.07) is 5.65. The number of halogens is 4. The van der Waals surface area contributed by atoms with Gasteiger partial charge in [-0.15, -0.1) is 0 Å². The zero-order chi connectivity index (χ0) is 12.0. The second-order valence-electron chi connectivity index (χ2n) is 3.76. The van der Waals surface area contributed by atoms with E-state index in [1.807, 2.05) is 0 Å². The third-order valence-corrected chi connectivity index (χ3v) is 3.31. The molecule has 0 aromatic heterocycles. The zero-order valence-corrected chi connectivity index (χ0v) is 8.91. The van der Waals surface area contributed by atoms with E-state index in [1.165, 1.54) is 24.3 Å². The first kappa shape index (κ1) is 11.7. The van der Waals surface area contributed by atoms with Crippen LogP contribution in [0.25, 0.3) is 0 Å². The van der Waals surface area contributed by atoms with Crippen LogP contribution in [0.1, 0.15) is 12.0 Å². The molecule has 16 heavy (non-hydrogen) atoms. The van der Waals surface area contributed by atoms with Crippen LogP contribution in [0, 0.1) is 0 Å². The Kier molecular flexibility index (Phi) is 2.66. The molecule has 1 nitrogen and oxygen atoms in total. The lowest BCUT2D eigenvalue weighted by Gasteiger charge is -2.11.